The molecule has 1 unspecified atom stereocenters. The Kier molecular flexibility index (Phi) is 6.40. The molecule has 0 aliphatic carbocycles. The zero-order chi connectivity index (χ0) is 16.7. The van der Waals surface area contributed by atoms with E-state index in [4.69, 9.17) is 9.47 Å². The molecular formula is C15H17NO6. The molecule has 7 heteroatoms. The lowest BCUT2D eigenvalue weighted by atomic mass is 10.1. The quantitative estimate of drug-likeness (QED) is 0.146. The largest absolute Gasteiger partial charge is 0.432 e. The minimum Gasteiger partial charge on any atom is -0.432 e. The van der Waals surface area contributed by atoms with Crippen molar-refractivity contribution in [3.63, 3.8) is 0 Å². The Hall–Kier alpha value is -2.54. The number of ether oxygens (including phenoxy) is 2. The van der Waals surface area contributed by atoms with E-state index >= 15 is 0 Å². The number of nitro groups is 1. The van der Waals surface area contributed by atoms with Crippen molar-refractivity contribution in [2.24, 2.45) is 0 Å². The molecule has 1 aromatic rings. The first-order valence-electron chi connectivity index (χ1n) is 6.64. The van der Waals surface area contributed by atoms with Gasteiger partial charge in [-0.2, -0.15) is 0 Å². The van der Waals surface area contributed by atoms with Crippen LogP contribution in [0.3, 0.4) is 0 Å². The zero-order valence-corrected chi connectivity index (χ0v) is 12.6. The summed E-state index contributed by atoms with van der Waals surface area (Å²) < 4.78 is 10.1. The Balaban J connectivity index is 3.04. The van der Waals surface area contributed by atoms with Crippen LogP contribution in [0.25, 0.3) is 6.08 Å². The number of benzene rings is 1. The van der Waals surface area contributed by atoms with Gasteiger partial charge in [-0.3, -0.25) is 14.9 Å². The first kappa shape index (κ1) is 17.5. The van der Waals surface area contributed by atoms with Crippen molar-refractivity contribution >= 4 is 23.5 Å². The van der Waals surface area contributed by atoms with Crippen LogP contribution in [0.5, 0.6) is 0 Å². The predicted molar refractivity (Wildman–Crippen MR) is 78.9 cm³/mol. The van der Waals surface area contributed by atoms with Crippen LogP contribution < -0.4 is 0 Å². The van der Waals surface area contributed by atoms with Crippen LogP contribution in [-0.2, 0) is 19.1 Å². The number of esters is 1. The number of carbonyl (C=O) groups excluding carboxylic acids is 2. The first-order valence-corrected chi connectivity index (χ1v) is 6.64. The second-order valence-corrected chi connectivity index (χ2v) is 4.39. The monoisotopic (exact) mass is 307 g/mol. The molecule has 0 aromatic heterocycles. The average Bonchev–Trinajstić information content (AvgIpc) is 2.44. The Morgan fingerprint density at radius 1 is 1.41 bits per heavy atom. The van der Waals surface area contributed by atoms with Crippen molar-refractivity contribution < 1.29 is 24.0 Å². The lowest BCUT2D eigenvalue weighted by Crippen LogP contribution is -2.21. The van der Waals surface area contributed by atoms with E-state index in [9.17, 15) is 19.7 Å². The van der Waals surface area contributed by atoms with Crippen LogP contribution in [0, 0.1) is 10.1 Å². The van der Waals surface area contributed by atoms with Crippen LogP contribution in [0.2, 0.25) is 0 Å². The summed E-state index contributed by atoms with van der Waals surface area (Å²) in [5.41, 5.74) is 0.0279. The number of hydrogen-bond acceptors (Lipinski definition) is 6. The summed E-state index contributed by atoms with van der Waals surface area (Å²) in [6.45, 7) is 4.86. The van der Waals surface area contributed by atoms with Crippen molar-refractivity contribution in [3.05, 3.63) is 45.5 Å². The number of nitrogens with zero attached hydrogens (tertiary/aromatic N) is 1. The maximum atomic E-state index is 12.0. The topological polar surface area (TPSA) is 95.7 Å². The smallest absolute Gasteiger partial charge is 0.344 e. The van der Waals surface area contributed by atoms with Gasteiger partial charge >= 0.3 is 5.97 Å². The van der Waals surface area contributed by atoms with E-state index in [-0.39, 0.29) is 11.3 Å². The Morgan fingerprint density at radius 2 is 2.09 bits per heavy atom. The van der Waals surface area contributed by atoms with Crippen LogP contribution in [0.4, 0.5) is 5.69 Å². The second kappa shape index (κ2) is 8.04. The second-order valence-electron chi connectivity index (χ2n) is 4.39. The highest BCUT2D eigenvalue weighted by Crippen LogP contribution is 2.17. The van der Waals surface area contributed by atoms with Crippen LogP contribution >= 0.6 is 0 Å². The summed E-state index contributed by atoms with van der Waals surface area (Å²) in [5, 5.41) is 10.7. The number of nitro benzene ring substituents is 1. The third-order valence-electron chi connectivity index (χ3n) is 2.67. The van der Waals surface area contributed by atoms with E-state index in [1.807, 2.05) is 0 Å². The Morgan fingerprint density at radius 3 is 2.64 bits per heavy atom. The lowest BCUT2D eigenvalue weighted by molar-refractivity contribution is -0.384. The lowest BCUT2D eigenvalue weighted by Gasteiger charge is -2.13. The highest BCUT2D eigenvalue weighted by Gasteiger charge is 2.19. The van der Waals surface area contributed by atoms with E-state index in [1.54, 1.807) is 13.0 Å². The summed E-state index contributed by atoms with van der Waals surface area (Å²) in [5.74, 6) is -1.33. The van der Waals surface area contributed by atoms with Crippen molar-refractivity contribution in [2.45, 2.75) is 27.1 Å². The van der Waals surface area contributed by atoms with Gasteiger partial charge in [-0.1, -0.05) is 12.1 Å². The summed E-state index contributed by atoms with van der Waals surface area (Å²) in [4.78, 5) is 33.8. The third kappa shape index (κ3) is 5.10. The molecule has 0 spiro atoms. The molecule has 0 radical (unpaired) electrons. The van der Waals surface area contributed by atoms with Gasteiger partial charge in [0.1, 0.15) is 5.57 Å². The molecule has 7 nitrogen and oxygen atoms in total. The summed E-state index contributed by atoms with van der Waals surface area (Å²) in [6, 6.07) is 5.60. The van der Waals surface area contributed by atoms with Gasteiger partial charge in [0.15, 0.2) is 12.1 Å². The van der Waals surface area contributed by atoms with Crippen molar-refractivity contribution in [3.8, 4) is 0 Å². The number of Topliss-reactive ketones (excluding diaryl/α,β-unsaturated/α-hetero) is 1. The third-order valence-corrected chi connectivity index (χ3v) is 2.67. The zero-order valence-electron chi connectivity index (χ0n) is 12.6. The Bertz CT molecular complexity index is 608. The van der Waals surface area contributed by atoms with Gasteiger partial charge in [0, 0.05) is 18.7 Å². The van der Waals surface area contributed by atoms with E-state index in [1.165, 1.54) is 38.1 Å². The maximum Gasteiger partial charge on any atom is 0.344 e. The first-order chi connectivity index (χ1) is 10.3. The van der Waals surface area contributed by atoms with Crippen molar-refractivity contribution in [2.75, 3.05) is 6.61 Å². The molecule has 1 atom stereocenters. The van der Waals surface area contributed by atoms with E-state index in [2.05, 4.69) is 0 Å². The van der Waals surface area contributed by atoms with Gasteiger partial charge in [0.2, 0.25) is 0 Å². The molecule has 0 amide bonds. The molecule has 0 N–H and O–H groups in total. The molecule has 0 saturated heterocycles. The highest BCUT2D eigenvalue weighted by molar-refractivity contribution is 6.19. The van der Waals surface area contributed by atoms with Gasteiger partial charge in [0.25, 0.3) is 5.69 Å². The van der Waals surface area contributed by atoms with Crippen molar-refractivity contribution in [1.82, 2.24) is 0 Å². The van der Waals surface area contributed by atoms with Gasteiger partial charge < -0.3 is 9.47 Å². The molecule has 0 aliphatic rings. The summed E-state index contributed by atoms with van der Waals surface area (Å²) >= 11 is 0. The number of rotatable bonds is 7. The van der Waals surface area contributed by atoms with Gasteiger partial charge in [-0.25, -0.2) is 4.79 Å². The van der Waals surface area contributed by atoms with E-state index < -0.39 is 23.0 Å². The fraction of sp³-hybridized carbons (Fsp3) is 0.333. The van der Waals surface area contributed by atoms with Gasteiger partial charge in [-0.15, -0.1) is 0 Å². The molecule has 0 saturated carbocycles. The van der Waals surface area contributed by atoms with Crippen LogP contribution in [0.15, 0.2) is 29.8 Å². The highest BCUT2D eigenvalue weighted by atomic mass is 16.7. The van der Waals surface area contributed by atoms with Gasteiger partial charge in [-0.05, 0) is 32.4 Å². The Labute approximate surface area is 127 Å². The maximum absolute atomic E-state index is 12.0. The molecule has 1 aromatic carbocycles. The van der Waals surface area contributed by atoms with E-state index in [0.717, 1.165) is 0 Å². The minimum absolute atomic E-state index is 0.132. The molecule has 118 valence electrons. The molecule has 0 heterocycles. The summed E-state index contributed by atoms with van der Waals surface area (Å²) in [7, 11) is 0. The predicted octanol–water partition coefficient (Wildman–Crippen LogP) is 2.49. The molecular weight excluding hydrogens is 290 g/mol. The number of non-ortho nitro benzene ring substituents is 1. The summed E-state index contributed by atoms with van der Waals surface area (Å²) in [6.07, 6.45) is 0.474. The fourth-order valence-corrected chi connectivity index (χ4v) is 1.68. The molecule has 0 bridgehead atoms. The van der Waals surface area contributed by atoms with Crippen LogP contribution in [0.1, 0.15) is 26.3 Å². The normalized spacial score (nSPS) is 12.6. The van der Waals surface area contributed by atoms with E-state index in [0.29, 0.717) is 12.2 Å². The molecule has 1 rings (SSSR count). The fourth-order valence-electron chi connectivity index (χ4n) is 1.68. The molecule has 0 fully saturated rings. The van der Waals surface area contributed by atoms with Crippen molar-refractivity contribution in [1.29, 1.82) is 0 Å². The number of ketones is 1. The standard InChI is InChI=1S/C15H17NO6/c1-4-21-11(3)22-15(18)14(10(2)17)9-12-6-5-7-13(8-12)16(19)20/h5-9,11H,4H2,1-3H3. The van der Waals surface area contributed by atoms with Crippen LogP contribution in [-0.4, -0.2) is 29.6 Å². The minimum atomic E-state index is -0.833. The average molecular weight is 307 g/mol. The van der Waals surface area contributed by atoms with Gasteiger partial charge in [0.05, 0.1) is 4.92 Å². The number of hydrogen-bond donors (Lipinski definition) is 0. The molecule has 0 aliphatic heterocycles. The molecule has 22 heavy (non-hydrogen) atoms. The number of carbonyl (C=O) groups is 2. The SMILES string of the molecule is CCOC(C)OC(=O)C(=Cc1cccc([N+](=O)[O-])c1)C(C)=O.